The number of nitrogens with zero attached hydrogens (tertiary/aromatic N) is 2. The second-order valence-electron chi connectivity index (χ2n) is 8.43. The van der Waals surface area contributed by atoms with E-state index in [1.807, 2.05) is 30.3 Å². The molecule has 1 saturated carbocycles. The number of hydrogen-bond acceptors (Lipinski definition) is 2. The Hall–Kier alpha value is -1.49. The number of fused-ring (bicyclic) bond motifs is 1. The zero-order valence-corrected chi connectivity index (χ0v) is 19.6. The molecule has 1 N–H and O–H groups in total. The molecule has 6 heteroatoms. The molecule has 1 aliphatic carbocycles. The SMILES string of the molecule is Cl.O[C@@H]1CCCC[C@H]1N1CCc2c(cc(-c3ccc(Cl)cc3)n2-c2ccccc2Cl)C1. The molecule has 2 aliphatic rings. The zero-order valence-electron chi connectivity index (χ0n) is 17.3. The minimum absolute atomic E-state index is 0. The van der Waals surface area contributed by atoms with Crippen LogP contribution in [0, 0.1) is 0 Å². The number of hydrogen-bond donors (Lipinski definition) is 1. The first kappa shape index (κ1) is 22.7. The van der Waals surface area contributed by atoms with Crippen molar-refractivity contribution in [2.45, 2.75) is 50.8 Å². The van der Waals surface area contributed by atoms with Gasteiger partial charge in [-0.3, -0.25) is 4.90 Å². The summed E-state index contributed by atoms with van der Waals surface area (Å²) in [6, 6.07) is 18.6. The first-order valence-electron chi connectivity index (χ1n) is 10.8. The van der Waals surface area contributed by atoms with Crippen molar-refractivity contribution in [3.8, 4) is 16.9 Å². The molecule has 2 atom stereocenters. The monoisotopic (exact) mass is 476 g/mol. The van der Waals surface area contributed by atoms with Crippen molar-refractivity contribution in [1.82, 2.24) is 9.47 Å². The van der Waals surface area contributed by atoms with Crippen LogP contribution in [0.4, 0.5) is 0 Å². The molecule has 0 saturated heterocycles. The van der Waals surface area contributed by atoms with E-state index >= 15 is 0 Å². The Balaban J connectivity index is 0.00000231. The third kappa shape index (κ3) is 4.40. The highest BCUT2D eigenvalue weighted by Crippen LogP contribution is 2.37. The lowest BCUT2D eigenvalue weighted by Gasteiger charge is -2.39. The molecule has 1 aromatic heterocycles. The molecular formula is C25H27Cl3N2O. The fourth-order valence-corrected chi connectivity index (χ4v) is 5.45. The van der Waals surface area contributed by atoms with Gasteiger partial charge in [0.1, 0.15) is 0 Å². The number of aliphatic hydroxyl groups is 1. The Bertz CT molecular complexity index is 1050. The summed E-state index contributed by atoms with van der Waals surface area (Å²) in [6.45, 7) is 1.83. The summed E-state index contributed by atoms with van der Waals surface area (Å²) in [5.74, 6) is 0. The fourth-order valence-electron chi connectivity index (χ4n) is 5.10. The van der Waals surface area contributed by atoms with E-state index in [0.29, 0.717) is 0 Å². The van der Waals surface area contributed by atoms with E-state index in [2.05, 4.69) is 33.7 Å². The zero-order chi connectivity index (χ0) is 20.7. The average molecular weight is 478 g/mol. The van der Waals surface area contributed by atoms with E-state index in [1.54, 1.807) is 0 Å². The van der Waals surface area contributed by atoms with Crippen LogP contribution < -0.4 is 0 Å². The van der Waals surface area contributed by atoms with E-state index in [4.69, 9.17) is 23.2 Å². The summed E-state index contributed by atoms with van der Waals surface area (Å²) in [7, 11) is 0. The standard InChI is InChI=1S/C25H26Cl2N2O.ClH/c26-19-11-9-17(10-12-19)24-15-18-16-28(23-7-3-4-8-25(23)30)14-13-21(18)29(24)22-6-2-1-5-20(22)27;/h1-2,5-6,9-12,15,23,25,30H,3-4,7-8,13-14,16H2;1H/t23-,25-;/m1./s1. The van der Waals surface area contributed by atoms with Gasteiger partial charge in [-0.1, -0.05) is 60.3 Å². The fraction of sp³-hybridized carbons (Fsp3) is 0.360. The van der Waals surface area contributed by atoms with Crippen molar-refractivity contribution < 1.29 is 5.11 Å². The molecule has 164 valence electrons. The highest BCUT2D eigenvalue weighted by atomic mass is 35.5. The Morgan fingerprint density at radius 1 is 0.935 bits per heavy atom. The number of benzene rings is 2. The van der Waals surface area contributed by atoms with Crippen LogP contribution in [0.15, 0.2) is 54.6 Å². The molecule has 3 nitrogen and oxygen atoms in total. The molecule has 5 rings (SSSR count). The van der Waals surface area contributed by atoms with Crippen LogP contribution in [0.3, 0.4) is 0 Å². The van der Waals surface area contributed by atoms with Crippen molar-refractivity contribution in [2.24, 2.45) is 0 Å². The van der Waals surface area contributed by atoms with Crippen LogP contribution in [0.25, 0.3) is 16.9 Å². The van der Waals surface area contributed by atoms with Gasteiger partial charge in [0.05, 0.1) is 22.5 Å². The molecule has 0 spiro atoms. The van der Waals surface area contributed by atoms with E-state index in [1.165, 1.54) is 17.7 Å². The van der Waals surface area contributed by atoms with Crippen LogP contribution in [0.5, 0.6) is 0 Å². The summed E-state index contributed by atoms with van der Waals surface area (Å²) in [4.78, 5) is 2.48. The summed E-state index contributed by atoms with van der Waals surface area (Å²) in [6.07, 6.45) is 5.09. The number of para-hydroxylation sites is 1. The predicted molar refractivity (Wildman–Crippen MR) is 131 cm³/mol. The van der Waals surface area contributed by atoms with Gasteiger partial charge in [0.2, 0.25) is 0 Å². The molecule has 0 radical (unpaired) electrons. The lowest BCUT2D eigenvalue weighted by atomic mass is 9.90. The number of aliphatic hydroxyl groups excluding tert-OH is 1. The largest absolute Gasteiger partial charge is 0.391 e. The van der Waals surface area contributed by atoms with Crippen molar-refractivity contribution in [2.75, 3.05) is 6.54 Å². The quantitative estimate of drug-likeness (QED) is 0.464. The van der Waals surface area contributed by atoms with Gasteiger partial charge in [0.15, 0.2) is 0 Å². The van der Waals surface area contributed by atoms with E-state index < -0.39 is 0 Å². The number of aromatic nitrogens is 1. The van der Waals surface area contributed by atoms with Crippen LogP contribution in [0.2, 0.25) is 10.0 Å². The minimum atomic E-state index is -0.207. The molecule has 1 aliphatic heterocycles. The molecule has 0 unspecified atom stereocenters. The maximum atomic E-state index is 10.6. The Kier molecular flexibility index (Phi) is 7.00. The molecule has 0 bridgehead atoms. The van der Waals surface area contributed by atoms with Gasteiger partial charge in [-0.2, -0.15) is 0 Å². The lowest BCUT2D eigenvalue weighted by molar-refractivity contribution is 0.0130. The molecule has 2 aromatic carbocycles. The van der Waals surface area contributed by atoms with Gasteiger partial charge in [0, 0.05) is 36.3 Å². The molecule has 3 aromatic rings. The third-order valence-electron chi connectivity index (χ3n) is 6.60. The van der Waals surface area contributed by atoms with Crippen LogP contribution in [0.1, 0.15) is 36.9 Å². The smallest absolute Gasteiger partial charge is 0.0695 e. The summed E-state index contributed by atoms with van der Waals surface area (Å²) in [5, 5.41) is 12.1. The highest BCUT2D eigenvalue weighted by Gasteiger charge is 2.33. The normalized spacial score (nSPS) is 21.4. The molecule has 0 amide bonds. The Morgan fingerprint density at radius 2 is 1.68 bits per heavy atom. The summed E-state index contributed by atoms with van der Waals surface area (Å²) < 4.78 is 2.32. The van der Waals surface area contributed by atoms with Gasteiger partial charge in [-0.05, 0) is 54.3 Å². The van der Waals surface area contributed by atoms with Crippen molar-refractivity contribution in [3.05, 3.63) is 75.9 Å². The minimum Gasteiger partial charge on any atom is -0.391 e. The van der Waals surface area contributed by atoms with Gasteiger partial charge in [-0.15, -0.1) is 12.4 Å². The maximum absolute atomic E-state index is 10.6. The summed E-state index contributed by atoms with van der Waals surface area (Å²) >= 11 is 12.8. The second-order valence-corrected chi connectivity index (χ2v) is 9.28. The Labute approximate surface area is 200 Å². The molecular weight excluding hydrogens is 451 g/mol. The van der Waals surface area contributed by atoms with Gasteiger partial charge in [0.25, 0.3) is 0 Å². The van der Waals surface area contributed by atoms with Crippen molar-refractivity contribution >= 4 is 35.6 Å². The van der Waals surface area contributed by atoms with Crippen molar-refractivity contribution in [1.29, 1.82) is 0 Å². The first-order chi connectivity index (χ1) is 14.6. The van der Waals surface area contributed by atoms with Crippen molar-refractivity contribution in [3.63, 3.8) is 0 Å². The van der Waals surface area contributed by atoms with Crippen LogP contribution in [-0.4, -0.2) is 33.3 Å². The molecule has 1 fully saturated rings. The lowest BCUT2D eigenvalue weighted by Crippen LogP contribution is -2.47. The van der Waals surface area contributed by atoms with E-state index in [-0.39, 0.29) is 24.6 Å². The third-order valence-corrected chi connectivity index (χ3v) is 7.17. The second kappa shape index (κ2) is 9.56. The van der Waals surface area contributed by atoms with Gasteiger partial charge >= 0.3 is 0 Å². The van der Waals surface area contributed by atoms with Crippen LogP contribution in [-0.2, 0) is 13.0 Å². The maximum Gasteiger partial charge on any atom is 0.0695 e. The van der Waals surface area contributed by atoms with E-state index in [9.17, 15) is 5.11 Å². The summed E-state index contributed by atoms with van der Waals surface area (Å²) in [5.41, 5.74) is 5.91. The number of rotatable bonds is 3. The van der Waals surface area contributed by atoms with Gasteiger partial charge < -0.3 is 9.67 Å². The Morgan fingerprint density at radius 3 is 2.42 bits per heavy atom. The topological polar surface area (TPSA) is 28.4 Å². The average Bonchev–Trinajstić information content (AvgIpc) is 3.13. The van der Waals surface area contributed by atoms with E-state index in [0.717, 1.165) is 65.8 Å². The number of halogens is 3. The first-order valence-corrected chi connectivity index (χ1v) is 11.5. The molecule has 2 heterocycles. The molecule has 31 heavy (non-hydrogen) atoms. The predicted octanol–water partition coefficient (Wildman–Crippen LogP) is 6.53. The highest BCUT2D eigenvalue weighted by molar-refractivity contribution is 6.32. The van der Waals surface area contributed by atoms with Gasteiger partial charge in [-0.25, -0.2) is 0 Å². The van der Waals surface area contributed by atoms with Crippen LogP contribution >= 0.6 is 35.6 Å².